The summed E-state index contributed by atoms with van der Waals surface area (Å²) in [5.41, 5.74) is 1.78. The van der Waals surface area contributed by atoms with Gasteiger partial charge < -0.3 is 23.4 Å². The SMILES string of the molecule is CCCCCCCCc1cc2c(=O)c(OC(C)=O)c(-c3cc(OC(C)=O)c(OC(C)=O)c(OC(C)=O)c3)oc2cc1CC. The molecule has 10 heteroatoms. The van der Waals surface area contributed by atoms with Crippen molar-refractivity contribution in [2.75, 3.05) is 0 Å². The van der Waals surface area contributed by atoms with Crippen molar-refractivity contribution in [3.63, 3.8) is 0 Å². The van der Waals surface area contributed by atoms with Crippen LogP contribution in [-0.4, -0.2) is 23.9 Å². The zero-order valence-electron chi connectivity index (χ0n) is 25.5. The summed E-state index contributed by atoms with van der Waals surface area (Å²) in [6.45, 7) is 8.73. The average Bonchev–Trinajstić information content (AvgIpc) is 2.92. The highest BCUT2D eigenvalue weighted by molar-refractivity contribution is 5.87. The Morgan fingerprint density at radius 1 is 0.651 bits per heavy atom. The third kappa shape index (κ3) is 8.76. The van der Waals surface area contributed by atoms with Crippen molar-refractivity contribution in [1.82, 2.24) is 0 Å². The summed E-state index contributed by atoms with van der Waals surface area (Å²) in [6.07, 6.45) is 8.33. The zero-order valence-corrected chi connectivity index (χ0v) is 25.5. The molecule has 0 spiro atoms. The van der Waals surface area contributed by atoms with Gasteiger partial charge in [-0.2, -0.15) is 0 Å². The molecule has 0 N–H and O–H groups in total. The zero-order chi connectivity index (χ0) is 31.7. The predicted octanol–water partition coefficient (Wildman–Crippen LogP) is 6.63. The lowest BCUT2D eigenvalue weighted by Gasteiger charge is -2.16. The van der Waals surface area contributed by atoms with Gasteiger partial charge in [0.05, 0.1) is 5.39 Å². The van der Waals surface area contributed by atoms with E-state index >= 15 is 0 Å². The molecule has 0 amide bonds. The van der Waals surface area contributed by atoms with E-state index < -0.39 is 35.1 Å². The van der Waals surface area contributed by atoms with Gasteiger partial charge in [-0.25, -0.2) is 0 Å². The molecular weight excluding hydrogens is 556 g/mol. The Morgan fingerprint density at radius 3 is 1.72 bits per heavy atom. The molecule has 0 saturated heterocycles. The van der Waals surface area contributed by atoms with Crippen LogP contribution in [0.1, 0.15) is 91.2 Å². The molecule has 0 aliphatic heterocycles. The molecule has 0 aliphatic carbocycles. The Kier molecular flexibility index (Phi) is 11.6. The second kappa shape index (κ2) is 15.1. The van der Waals surface area contributed by atoms with Gasteiger partial charge in [0.2, 0.25) is 16.9 Å². The fourth-order valence-corrected chi connectivity index (χ4v) is 4.81. The van der Waals surface area contributed by atoms with Crippen LogP contribution in [0.15, 0.2) is 33.5 Å². The first-order valence-corrected chi connectivity index (χ1v) is 14.5. The van der Waals surface area contributed by atoms with E-state index in [2.05, 4.69) is 6.92 Å². The lowest BCUT2D eigenvalue weighted by molar-refractivity contribution is -0.135. The van der Waals surface area contributed by atoms with E-state index in [1.165, 1.54) is 31.4 Å². The molecule has 0 bridgehead atoms. The third-order valence-electron chi connectivity index (χ3n) is 6.63. The average molecular weight is 595 g/mol. The Hall–Kier alpha value is -4.47. The molecule has 0 atom stereocenters. The van der Waals surface area contributed by atoms with Crippen LogP contribution in [0.2, 0.25) is 0 Å². The maximum atomic E-state index is 13.8. The summed E-state index contributed by atoms with van der Waals surface area (Å²) >= 11 is 0. The topological polar surface area (TPSA) is 135 Å². The predicted molar refractivity (Wildman–Crippen MR) is 160 cm³/mol. The minimum atomic E-state index is -0.767. The Morgan fingerprint density at radius 2 is 1.19 bits per heavy atom. The Labute approximate surface area is 250 Å². The highest BCUT2D eigenvalue weighted by Crippen LogP contribution is 2.44. The largest absolute Gasteiger partial charge is 0.452 e. The van der Waals surface area contributed by atoms with Gasteiger partial charge in [-0.15, -0.1) is 0 Å². The van der Waals surface area contributed by atoms with Crippen LogP contribution >= 0.6 is 0 Å². The van der Waals surface area contributed by atoms with Crippen LogP contribution in [0.3, 0.4) is 0 Å². The van der Waals surface area contributed by atoms with E-state index in [0.717, 1.165) is 64.5 Å². The second-order valence-corrected chi connectivity index (χ2v) is 10.3. The first kappa shape index (κ1) is 33.0. The number of carbonyl (C=O) groups excluding carboxylic acids is 4. The van der Waals surface area contributed by atoms with Gasteiger partial charge in [-0.3, -0.25) is 24.0 Å². The molecule has 0 unspecified atom stereocenters. The summed E-state index contributed by atoms with van der Waals surface area (Å²) < 4.78 is 27.3. The number of unbranched alkanes of at least 4 members (excludes halogenated alkanes) is 5. The van der Waals surface area contributed by atoms with Crippen molar-refractivity contribution < 1.29 is 42.5 Å². The summed E-state index contributed by atoms with van der Waals surface area (Å²) in [7, 11) is 0. The fraction of sp³-hybridized carbons (Fsp3) is 0.424. The molecule has 0 aliphatic rings. The molecule has 2 aromatic carbocycles. The van der Waals surface area contributed by atoms with E-state index in [9.17, 15) is 24.0 Å². The molecule has 10 nitrogen and oxygen atoms in total. The number of esters is 4. The molecule has 0 fully saturated rings. The minimum Gasteiger partial charge on any atom is -0.452 e. The highest BCUT2D eigenvalue weighted by Gasteiger charge is 2.26. The van der Waals surface area contributed by atoms with Crippen molar-refractivity contribution in [2.24, 2.45) is 0 Å². The molecule has 1 heterocycles. The van der Waals surface area contributed by atoms with Gasteiger partial charge in [-0.05, 0) is 54.7 Å². The highest BCUT2D eigenvalue weighted by atomic mass is 16.6. The fourth-order valence-electron chi connectivity index (χ4n) is 4.81. The molecule has 1 aromatic heterocycles. The molecule has 43 heavy (non-hydrogen) atoms. The van der Waals surface area contributed by atoms with Crippen LogP contribution in [0.25, 0.3) is 22.3 Å². The monoisotopic (exact) mass is 594 g/mol. The van der Waals surface area contributed by atoms with Crippen molar-refractivity contribution in [2.45, 2.75) is 92.9 Å². The van der Waals surface area contributed by atoms with Crippen LogP contribution in [0, 0.1) is 0 Å². The summed E-state index contributed by atoms with van der Waals surface area (Å²) in [5.74, 6) is -4.50. The first-order chi connectivity index (χ1) is 20.4. The standard InChI is InChI=1S/C33H38O10/c1-7-9-10-11-12-13-14-24-15-26-27(16-23(24)8-2)43-31(33(30(26)38)42-22(6)37)25-17-28(39-19(3)34)32(41-21(5)36)29(18-25)40-20(4)35/h15-18H,7-14H2,1-6H3. The van der Waals surface area contributed by atoms with E-state index in [4.69, 9.17) is 23.4 Å². The molecule has 0 radical (unpaired) electrons. The van der Waals surface area contributed by atoms with Gasteiger partial charge >= 0.3 is 23.9 Å². The number of aryl methyl sites for hydroxylation is 2. The van der Waals surface area contributed by atoms with Gasteiger partial charge in [0.1, 0.15) is 5.58 Å². The number of rotatable bonds is 13. The number of carbonyl (C=O) groups is 4. The minimum absolute atomic E-state index is 0.0628. The second-order valence-electron chi connectivity index (χ2n) is 10.3. The van der Waals surface area contributed by atoms with E-state index in [1.807, 2.05) is 6.92 Å². The normalized spacial score (nSPS) is 10.8. The first-order valence-electron chi connectivity index (χ1n) is 14.5. The van der Waals surface area contributed by atoms with Crippen molar-refractivity contribution in [3.8, 4) is 34.3 Å². The third-order valence-corrected chi connectivity index (χ3v) is 6.63. The number of ether oxygens (including phenoxy) is 4. The van der Waals surface area contributed by atoms with Crippen LogP contribution in [0.4, 0.5) is 0 Å². The molecule has 230 valence electrons. The summed E-state index contributed by atoms with van der Waals surface area (Å²) in [5, 5.41) is 0.245. The van der Waals surface area contributed by atoms with Crippen LogP contribution < -0.4 is 24.4 Å². The lowest BCUT2D eigenvalue weighted by atomic mass is 9.96. The molecule has 0 saturated carbocycles. The quantitative estimate of drug-likeness (QED) is 0.121. The van der Waals surface area contributed by atoms with Crippen molar-refractivity contribution in [1.29, 1.82) is 0 Å². The maximum Gasteiger partial charge on any atom is 0.308 e. The maximum absolute atomic E-state index is 13.8. The van der Waals surface area contributed by atoms with Crippen LogP contribution in [0.5, 0.6) is 23.0 Å². The molecular formula is C33H38O10. The van der Waals surface area contributed by atoms with E-state index in [1.54, 1.807) is 12.1 Å². The number of fused-ring (bicyclic) bond motifs is 1. The molecule has 3 aromatic rings. The number of benzene rings is 2. The summed E-state index contributed by atoms with van der Waals surface area (Å²) in [6, 6.07) is 6.12. The smallest absolute Gasteiger partial charge is 0.308 e. The van der Waals surface area contributed by atoms with Gasteiger partial charge in [-0.1, -0.05) is 46.0 Å². The van der Waals surface area contributed by atoms with Crippen molar-refractivity contribution in [3.05, 3.63) is 45.6 Å². The van der Waals surface area contributed by atoms with E-state index in [-0.39, 0.29) is 39.5 Å². The number of hydrogen-bond acceptors (Lipinski definition) is 10. The number of hydrogen-bond donors (Lipinski definition) is 0. The van der Waals surface area contributed by atoms with Gasteiger partial charge in [0, 0.05) is 33.3 Å². The molecule has 3 rings (SSSR count). The lowest BCUT2D eigenvalue weighted by Crippen LogP contribution is -2.14. The van der Waals surface area contributed by atoms with Crippen LogP contribution in [-0.2, 0) is 32.0 Å². The Bertz CT molecular complexity index is 1540. The Balaban J connectivity index is 2.24. The van der Waals surface area contributed by atoms with E-state index in [0.29, 0.717) is 6.42 Å². The summed E-state index contributed by atoms with van der Waals surface area (Å²) in [4.78, 5) is 61.5. The van der Waals surface area contributed by atoms with Gasteiger partial charge in [0.25, 0.3) is 0 Å². The van der Waals surface area contributed by atoms with Gasteiger partial charge in [0.15, 0.2) is 17.3 Å². The van der Waals surface area contributed by atoms with Crippen molar-refractivity contribution >= 4 is 34.8 Å².